The van der Waals surface area contributed by atoms with Gasteiger partial charge in [-0.05, 0) is 18.2 Å². The van der Waals surface area contributed by atoms with Gasteiger partial charge in [-0.2, -0.15) is 18.3 Å². The molecule has 8 heteroatoms. The van der Waals surface area contributed by atoms with E-state index >= 15 is 0 Å². The molecule has 1 aromatic carbocycles. The fourth-order valence-corrected chi connectivity index (χ4v) is 1.24. The summed E-state index contributed by atoms with van der Waals surface area (Å²) >= 11 is 5.59. The minimum absolute atomic E-state index is 0.157. The van der Waals surface area contributed by atoms with Gasteiger partial charge < -0.3 is 11.5 Å². The molecule has 0 fully saturated rings. The van der Waals surface area contributed by atoms with E-state index in [0.29, 0.717) is 0 Å². The Labute approximate surface area is 99.8 Å². The zero-order chi connectivity index (χ0) is 13.1. The number of halogens is 4. The van der Waals surface area contributed by atoms with Crippen molar-refractivity contribution in [3.05, 3.63) is 34.3 Å². The molecular formula is C9H8ClF3N4. The average molecular weight is 265 g/mol. The smallest absolute Gasteiger partial charge is 0.369 e. The Hall–Kier alpha value is -1.76. The van der Waals surface area contributed by atoms with E-state index in [9.17, 15) is 13.2 Å². The molecule has 0 aromatic heterocycles. The largest absolute Gasteiger partial charge is 0.417 e. The maximum absolute atomic E-state index is 12.6. The summed E-state index contributed by atoms with van der Waals surface area (Å²) in [5, 5.41) is 6.67. The van der Waals surface area contributed by atoms with E-state index in [0.717, 1.165) is 24.4 Å². The van der Waals surface area contributed by atoms with E-state index < -0.39 is 11.7 Å². The Morgan fingerprint density at radius 2 is 1.94 bits per heavy atom. The molecule has 0 unspecified atom stereocenters. The topological polar surface area (TPSA) is 76.8 Å². The number of nitrogens with two attached hydrogens (primary N) is 2. The van der Waals surface area contributed by atoms with Gasteiger partial charge in [0.1, 0.15) is 0 Å². The first kappa shape index (κ1) is 13.3. The van der Waals surface area contributed by atoms with Crippen molar-refractivity contribution in [2.45, 2.75) is 6.18 Å². The first-order valence-corrected chi connectivity index (χ1v) is 4.67. The average Bonchev–Trinajstić information content (AvgIpc) is 2.15. The fourth-order valence-electron chi connectivity index (χ4n) is 1.06. The molecule has 0 aliphatic heterocycles. The molecule has 1 aromatic rings. The number of hydrogen-bond donors (Lipinski definition) is 2. The van der Waals surface area contributed by atoms with Crippen LogP contribution >= 0.6 is 11.6 Å². The summed E-state index contributed by atoms with van der Waals surface area (Å²) < 4.78 is 37.7. The van der Waals surface area contributed by atoms with Gasteiger partial charge in [-0.3, -0.25) is 0 Å². The molecule has 0 atom stereocenters. The van der Waals surface area contributed by atoms with Crippen molar-refractivity contribution in [2.24, 2.45) is 21.7 Å². The van der Waals surface area contributed by atoms with Gasteiger partial charge in [0, 0.05) is 10.6 Å². The SMILES string of the molecule is NC(N)=NN=Cc1cc(Cl)ccc1C(F)(F)F. The van der Waals surface area contributed by atoms with Crippen molar-refractivity contribution in [2.75, 3.05) is 0 Å². The number of benzene rings is 1. The molecule has 0 amide bonds. The minimum atomic E-state index is -4.50. The van der Waals surface area contributed by atoms with Crippen LogP contribution in [-0.4, -0.2) is 12.2 Å². The van der Waals surface area contributed by atoms with Crippen LogP contribution in [0.15, 0.2) is 28.4 Å². The van der Waals surface area contributed by atoms with Crippen LogP contribution in [0.4, 0.5) is 13.2 Å². The predicted octanol–water partition coefficient (Wildman–Crippen LogP) is 1.97. The number of hydrogen-bond acceptors (Lipinski definition) is 2. The second kappa shape index (κ2) is 5.05. The summed E-state index contributed by atoms with van der Waals surface area (Å²) in [5.41, 5.74) is 8.87. The van der Waals surface area contributed by atoms with Crippen LogP contribution in [0.3, 0.4) is 0 Å². The number of nitrogens with zero attached hydrogens (tertiary/aromatic N) is 2. The summed E-state index contributed by atoms with van der Waals surface area (Å²) in [4.78, 5) is 0. The summed E-state index contributed by atoms with van der Waals surface area (Å²) in [7, 11) is 0. The lowest BCUT2D eigenvalue weighted by molar-refractivity contribution is -0.137. The summed E-state index contributed by atoms with van der Waals surface area (Å²) in [6, 6.07) is 3.12. The van der Waals surface area contributed by atoms with E-state index in [-0.39, 0.29) is 16.5 Å². The second-order valence-corrected chi connectivity index (χ2v) is 3.44. The normalized spacial score (nSPS) is 11.8. The molecule has 17 heavy (non-hydrogen) atoms. The summed E-state index contributed by atoms with van der Waals surface area (Å²) in [6.45, 7) is 0. The maximum Gasteiger partial charge on any atom is 0.417 e. The van der Waals surface area contributed by atoms with Crippen LogP contribution in [-0.2, 0) is 6.18 Å². The molecule has 4 nitrogen and oxygen atoms in total. The molecule has 0 bridgehead atoms. The molecule has 92 valence electrons. The molecular weight excluding hydrogens is 257 g/mol. The maximum atomic E-state index is 12.6. The monoisotopic (exact) mass is 264 g/mol. The molecule has 0 spiro atoms. The predicted molar refractivity (Wildman–Crippen MR) is 59.9 cm³/mol. The third-order valence-electron chi connectivity index (χ3n) is 1.69. The third-order valence-corrected chi connectivity index (χ3v) is 1.92. The van der Waals surface area contributed by atoms with E-state index in [1.807, 2.05) is 0 Å². The van der Waals surface area contributed by atoms with Crippen LogP contribution in [0.25, 0.3) is 0 Å². The van der Waals surface area contributed by atoms with Crippen LogP contribution in [0.1, 0.15) is 11.1 Å². The van der Waals surface area contributed by atoms with E-state index in [1.54, 1.807) is 0 Å². The van der Waals surface area contributed by atoms with E-state index in [1.165, 1.54) is 0 Å². The highest BCUT2D eigenvalue weighted by molar-refractivity contribution is 6.30. The molecule has 0 aliphatic rings. The zero-order valence-electron chi connectivity index (χ0n) is 8.37. The second-order valence-electron chi connectivity index (χ2n) is 3.00. The summed E-state index contributed by atoms with van der Waals surface area (Å²) in [6.07, 6.45) is -3.61. The van der Waals surface area contributed by atoms with Crippen LogP contribution in [0.2, 0.25) is 5.02 Å². The van der Waals surface area contributed by atoms with E-state index in [4.69, 9.17) is 23.1 Å². The molecule has 1 rings (SSSR count). The quantitative estimate of drug-likeness (QED) is 0.487. The lowest BCUT2D eigenvalue weighted by Gasteiger charge is -2.09. The van der Waals surface area contributed by atoms with Crippen molar-refractivity contribution in [3.63, 3.8) is 0 Å². The number of guanidine groups is 1. The van der Waals surface area contributed by atoms with Crippen molar-refractivity contribution in [3.8, 4) is 0 Å². The highest BCUT2D eigenvalue weighted by atomic mass is 35.5. The van der Waals surface area contributed by atoms with Crippen LogP contribution in [0, 0.1) is 0 Å². The standard InChI is InChI=1S/C9H8ClF3N4/c10-6-1-2-7(9(11,12)13)5(3-6)4-16-17-8(14)15/h1-4H,(H4,14,15,17). The van der Waals surface area contributed by atoms with Crippen molar-refractivity contribution >= 4 is 23.8 Å². The van der Waals surface area contributed by atoms with Gasteiger partial charge in [0.25, 0.3) is 0 Å². The third kappa shape index (κ3) is 3.95. The molecule has 0 saturated heterocycles. The minimum Gasteiger partial charge on any atom is -0.369 e. The highest BCUT2D eigenvalue weighted by Crippen LogP contribution is 2.32. The van der Waals surface area contributed by atoms with E-state index in [2.05, 4.69) is 10.2 Å². The first-order chi connectivity index (χ1) is 7.80. The van der Waals surface area contributed by atoms with Crippen molar-refractivity contribution in [1.29, 1.82) is 0 Å². The van der Waals surface area contributed by atoms with Gasteiger partial charge in [-0.1, -0.05) is 11.6 Å². The number of alkyl halides is 3. The van der Waals surface area contributed by atoms with Gasteiger partial charge in [0.2, 0.25) is 5.96 Å². The molecule has 0 aliphatic carbocycles. The fraction of sp³-hybridized carbons (Fsp3) is 0.111. The van der Waals surface area contributed by atoms with Gasteiger partial charge in [-0.15, -0.1) is 5.10 Å². The highest BCUT2D eigenvalue weighted by Gasteiger charge is 2.32. The van der Waals surface area contributed by atoms with Crippen molar-refractivity contribution in [1.82, 2.24) is 0 Å². The van der Waals surface area contributed by atoms with Gasteiger partial charge in [0.05, 0.1) is 11.8 Å². The Morgan fingerprint density at radius 1 is 1.29 bits per heavy atom. The Balaban J connectivity index is 3.17. The molecule has 4 N–H and O–H groups in total. The first-order valence-electron chi connectivity index (χ1n) is 4.29. The Morgan fingerprint density at radius 3 is 2.47 bits per heavy atom. The number of rotatable bonds is 2. The van der Waals surface area contributed by atoms with Crippen LogP contribution in [0.5, 0.6) is 0 Å². The van der Waals surface area contributed by atoms with Gasteiger partial charge >= 0.3 is 6.18 Å². The Kier molecular flexibility index (Phi) is 3.95. The zero-order valence-corrected chi connectivity index (χ0v) is 9.13. The lowest BCUT2D eigenvalue weighted by atomic mass is 10.1. The Bertz CT molecular complexity index is 464. The lowest BCUT2D eigenvalue weighted by Crippen LogP contribution is -2.21. The summed E-state index contributed by atoms with van der Waals surface area (Å²) in [5.74, 6) is -0.350. The van der Waals surface area contributed by atoms with Crippen molar-refractivity contribution < 1.29 is 13.2 Å². The van der Waals surface area contributed by atoms with Gasteiger partial charge in [0.15, 0.2) is 0 Å². The van der Waals surface area contributed by atoms with Crippen LogP contribution < -0.4 is 11.5 Å². The molecule has 0 radical (unpaired) electrons. The molecule has 0 heterocycles. The van der Waals surface area contributed by atoms with Gasteiger partial charge in [-0.25, -0.2) is 0 Å². The molecule has 0 saturated carbocycles.